The van der Waals surface area contributed by atoms with Crippen LogP contribution in [0.15, 0.2) is 72.1 Å². The number of rotatable bonds is 8. The van der Waals surface area contributed by atoms with E-state index < -0.39 is 11.6 Å². The van der Waals surface area contributed by atoms with Gasteiger partial charge in [0.25, 0.3) is 0 Å². The van der Waals surface area contributed by atoms with Crippen LogP contribution >= 0.6 is 12.2 Å². The summed E-state index contributed by atoms with van der Waals surface area (Å²) in [5.74, 6) is 1.32. The van der Waals surface area contributed by atoms with E-state index in [9.17, 15) is 4.79 Å². The molecule has 37 heavy (non-hydrogen) atoms. The van der Waals surface area contributed by atoms with Crippen LogP contribution in [-0.4, -0.2) is 42.1 Å². The van der Waals surface area contributed by atoms with Crippen molar-refractivity contribution in [2.75, 3.05) is 25.6 Å². The van der Waals surface area contributed by atoms with Crippen LogP contribution in [0.25, 0.3) is 0 Å². The third-order valence-electron chi connectivity index (χ3n) is 5.68. The number of benzene rings is 2. The predicted octanol–water partition coefficient (Wildman–Crippen LogP) is 4.42. The molecule has 0 saturated heterocycles. The van der Waals surface area contributed by atoms with E-state index in [2.05, 4.69) is 20.8 Å². The lowest BCUT2D eigenvalue weighted by Gasteiger charge is -2.36. The van der Waals surface area contributed by atoms with E-state index in [1.807, 2.05) is 43.3 Å². The molecule has 2 N–H and O–H groups in total. The Kier molecular flexibility index (Phi) is 8.19. The molecule has 0 bridgehead atoms. The van der Waals surface area contributed by atoms with Gasteiger partial charge in [-0.15, -0.1) is 0 Å². The number of methoxy groups -OCH3 is 1. The summed E-state index contributed by atoms with van der Waals surface area (Å²) in [5.41, 5.74) is 5.25. The minimum atomic E-state index is -0.715. The minimum absolute atomic E-state index is 0.196. The van der Waals surface area contributed by atoms with Crippen molar-refractivity contribution in [3.63, 3.8) is 0 Å². The van der Waals surface area contributed by atoms with Crippen molar-refractivity contribution < 1.29 is 23.7 Å². The number of nitrogens with zero attached hydrogens (tertiary/aromatic N) is 2. The molecule has 3 aromatic rings. The van der Waals surface area contributed by atoms with Crippen molar-refractivity contribution in [3.05, 3.63) is 78.1 Å². The Morgan fingerprint density at radius 1 is 1.22 bits per heavy atom. The van der Waals surface area contributed by atoms with Crippen LogP contribution in [-0.2, 0) is 15.1 Å². The van der Waals surface area contributed by atoms with Crippen LogP contribution in [0.2, 0.25) is 0 Å². The summed E-state index contributed by atoms with van der Waals surface area (Å²) >= 11 is 5.48. The zero-order valence-electron chi connectivity index (χ0n) is 20.8. The zero-order chi connectivity index (χ0) is 26.3. The lowest BCUT2D eigenvalue weighted by atomic mass is 9.86. The number of anilines is 1. The van der Waals surface area contributed by atoms with Gasteiger partial charge >= 0.3 is 5.97 Å². The molecule has 192 valence electrons. The summed E-state index contributed by atoms with van der Waals surface area (Å²) < 4.78 is 22.4. The number of hydrazone groups is 1. The third kappa shape index (κ3) is 6.34. The maximum Gasteiger partial charge on any atom is 0.344 e. The van der Waals surface area contributed by atoms with Gasteiger partial charge in [-0.25, -0.2) is 4.79 Å². The second-order valence-corrected chi connectivity index (χ2v) is 8.74. The lowest BCUT2D eigenvalue weighted by molar-refractivity contribution is -0.145. The monoisotopic (exact) mass is 520 g/mol. The molecule has 1 atom stereocenters. The van der Waals surface area contributed by atoms with Crippen LogP contribution in [0.4, 0.5) is 5.69 Å². The lowest BCUT2D eigenvalue weighted by Crippen LogP contribution is -2.38. The second-order valence-electron chi connectivity index (χ2n) is 8.33. The first kappa shape index (κ1) is 25.9. The van der Waals surface area contributed by atoms with Crippen molar-refractivity contribution in [2.24, 2.45) is 5.10 Å². The Labute approximate surface area is 220 Å². The summed E-state index contributed by atoms with van der Waals surface area (Å²) in [6, 6.07) is 16.6. The normalized spacial score (nSPS) is 17.2. The first-order chi connectivity index (χ1) is 17.9. The van der Waals surface area contributed by atoms with Gasteiger partial charge in [0.15, 0.2) is 11.7 Å². The van der Waals surface area contributed by atoms with E-state index in [4.69, 9.17) is 31.2 Å². The number of hydrogen-bond acceptors (Lipinski definition) is 8. The third-order valence-corrected chi connectivity index (χ3v) is 5.88. The molecule has 1 aliphatic rings. The van der Waals surface area contributed by atoms with E-state index in [1.165, 1.54) is 0 Å². The number of pyridine rings is 1. The fourth-order valence-electron chi connectivity index (χ4n) is 3.90. The number of aromatic nitrogens is 1. The summed E-state index contributed by atoms with van der Waals surface area (Å²) in [5, 5.41) is 8.04. The zero-order valence-corrected chi connectivity index (χ0v) is 21.6. The summed E-state index contributed by atoms with van der Waals surface area (Å²) in [4.78, 5) is 16.0. The number of nitrogens with one attached hydrogen (secondary N) is 2. The number of thiocarbonyl (C=S) groups is 1. The maximum absolute atomic E-state index is 11.7. The molecule has 0 fully saturated rings. The molecule has 1 aliphatic heterocycles. The molecule has 0 unspecified atom stereocenters. The molecular formula is C27H28N4O5S. The molecule has 4 rings (SSSR count). The molecule has 0 aliphatic carbocycles. The van der Waals surface area contributed by atoms with Gasteiger partial charge in [-0.05, 0) is 62.5 Å². The molecule has 0 amide bonds. The van der Waals surface area contributed by atoms with E-state index in [0.29, 0.717) is 46.8 Å². The summed E-state index contributed by atoms with van der Waals surface area (Å²) in [7, 11) is 1.59. The minimum Gasteiger partial charge on any atom is -0.495 e. The molecule has 10 heteroatoms. The smallest absolute Gasteiger partial charge is 0.344 e. The topological polar surface area (TPSA) is 103 Å². The number of carbonyl (C=O) groups excluding carboxylic acids is 1. The van der Waals surface area contributed by atoms with Gasteiger partial charge in [0.2, 0.25) is 0 Å². The SMILES string of the molecule is CCOC(=O)COc1ccc2c(c1)/C(=N\NC(=S)Nc1ccccc1OC)C[C@](C)(c1cccnc1)O2. The van der Waals surface area contributed by atoms with E-state index in [1.54, 1.807) is 44.6 Å². The highest BCUT2D eigenvalue weighted by Gasteiger charge is 2.37. The van der Waals surface area contributed by atoms with Crippen LogP contribution in [0, 0.1) is 0 Å². The average molecular weight is 521 g/mol. The van der Waals surface area contributed by atoms with Gasteiger partial charge in [0.05, 0.1) is 25.1 Å². The average Bonchev–Trinajstić information content (AvgIpc) is 2.91. The number of ether oxygens (including phenoxy) is 4. The van der Waals surface area contributed by atoms with E-state index in [0.717, 1.165) is 11.1 Å². The van der Waals surface area contributed by atoms with Crippen molar-refractivity contribution >= 4 is 34.7 Å². The van der Waals surface area contributed by atoms with Gasteiger partial charge in [0, 0.05) is 29.9 Å². The Balaban J connectivity index is 1.61. The van der Waals surface area contributed by atoms with Gasteiger partial charge < -0.3 is 24.3 Å². The van der Waals surface area contributed by atoms with Crippen LogP contribution < -0.4 is 25.0 Å². The maximum atomic E-state index is 11.7. The number of carbonyl (C=O) groups is 1. The van der Waals surface area contributed by atoms with Crippen molar-refractivity contribution in [1.29, 1.82) is 0 Å². The molecule has 0 spiro atoms. The number of fused-ring (bicyclic) bond motifs is 1. The van der Waals surface area contributed by atoms with Gasteiger partial charge in [-0.3, -0.25) is 10.4 Å². The number of para-hydroxylation sites is 2. The largest absolute Gasteiger partial charge is 0.495 e. The van der Waals surface area contributed by atoms with Crippen LogP contribution in [0.5, 0.6) is 17.2 Å². The fraction of sp³-hybridized carbons (Fsp3) is 0.259. The van der Waals surface area contributed by atoms with Gasteiger partial charge in [0.1, 0.15) is 22.8 Å². The highest BCUT2D eigenvalue weighted by Crippen LogP contribution is 2.40. The van der Waals surface area contributed by atoms with Crippen molar-refractivity contribution in [2.45, 2.75) is 25.9 Å². The number of esters is 1. The van der Waals surface area contributed by atoms with Crippen molar-refractivity contribution in [3.8, 4) is 17.2 Å². The molecule has 1 aromatic heterocycles. The fourth-order valence-corrected chi connectivity index (χ4v) is 4.06. The first-order valence-electron chi connectivity index (χ1n) is 11.7. The van der Waals surface area contributed by atoms with Gasteiger partial charge in [-0.2, -0.15) is 5.10 Å². The van der Waals surface area contributed by atoms with Crippen molar-refractivity contribution in [1.82, 2.24) is 10.4 Å². The molecule has 9 nitrogen and oxygen atoms in total. The Morgan fingerprint density at radius 2 is 2.05 bits per heavy atom. The Hall–Kier alpha value is -4.18. The first-order valence-corrected chi connectivity index (χ1v) is 12.1. The van der Waals surface area contributed by atoms with Crippen LogP contribution in [0.1, 0.15) is 31.4 Å². The Morgan fingerprint density at radius 3 is 2.81 bits per heavy atom. The number of hydrogen-bond donors (Lipinski definition) is 2. The van der Waals surface area contributed by atoms with Gasteiger partial charge in [-0.1, -0.05) is 18.2 Å². The standard InChI is InChI=1S/C27H28N4O5S/c1-4-34-25(32)17-35-19-11-12-23-20(14-19)22(15-27(2,36-23)18-8-7-13-28-16-18)30-31-26(37)29-21-9-5-6-10-24(21)33-3/h5-14,16H,4,15,17H2,1-3H3,(H2,29,31,37)/b30-22-/t27-/m1/s1. The highest BCUT2D eigenvalue weighted by atomic mass is 32.1. The molecule has 2 heterocycles. The van der Waals surface area contributed by atoms with E-state index in [-0.39, 0.29) is 6.61 Å². The quantitative estimate of drug-likeness (QED) is 0.254. The van der Waals surface area contributed by atoms with Crippen LogP contribution in [0.3, 0.4) is 0 Å². The summed E-state index contributed by atoms with van der Waals surface area (Å²) in [6.45, 7) is 3.83. The Bertz CT molecular complexity index is 1300. The molecule has 0 radical (unpaired) electrons. The molecule has 0 saturated carbocycles. The molecule has 2 aromatic carbocycles. The van der Waals surface area contributed by atoms with E-state index >= 15 is 0 Å². The molecular weight excluding hydrogens is 492 g/mol. The second kappa shape index (κ2) is 11.7. The predicted molar refractivity (Wildman–Crippen MR) is 144 cm³/mol. The highest BCUT2D eigenvalue weighted by molar-refractivity contribution is 7.80. The summed E-state index contributed by atoms with van der Waals surface area (Å²) in [6.07, 6.45) is 3.92.